The second-order valence-corrected chi connectivity index (χ2v) is 6.48. The maximum atomic E-state index is 11.5. The Morgan fingerprint density at radius 1 is 1.33 bits per heavy atom. The van der Waals surface area contributed by atoms with E-state index < -0.39 is 16.3 Å². The molecule has 0 saturated carbocycles. The van der Waals surface area contributed by atoms with Gasteiger partial charge in [-0.15, -0.1) is 0 Å². The zero-order chi connectivity index (χ0) is 13.9. The highest BCUT2D eigenvalue weighted by atomic mass is 32.2. The monoisotopic (exact) mass is 272 g/mol. The number of aryl methyl sites for hydroxylation is 2. The molecule has 0 saturated heterocycles. The Kier molecular flexibility index (Phi) is 4.86. The fourth-order valence-corrected chi connectivity index (χ4v) is 2.17. The second-order valence-electron chi connectivity index (χ2n) is 4.51. The molecule has 1 rings (SSSR count). The van der Waals surface area contributed by atoms with E-state index in [1.54, 1.807) is 0 Å². The number of nitrogens with zero attached hydrogens (tertiary/aromatic N) is 1. The first-order valence-corrected chi connectivity index (χ1v) is 7.10. The molecule has 6 heteroatoms. The van der Waals surface area contributed by atoms with Crippen molar-refractivity contribution >= 4 is 10.2 Å². The van der Waals surface area contributed by atoms with Gasteiger partial charge in [-0.3, -0.25) is 0 Å². The summed E-state index contributed by atoms with van der Waals surface area (Å²) in [4.78, 5) is 0. The van der Waals surface area contributed by atoms with Gasteiger partial charge in [0.2, 0.25) is 0 Å². The fraction of sp³-hybridized carbons (Fsp3) is 0.500. The second kappa shape index (κ2) is 5.79. The molecule has 0 spiro atoms. The number of hydrogen-bond acceptors (Lipinski definition) is 3. The van der Waals surface area contributed by atoms with Crippen LogP contribution < -0.4 is 4.72 Å². The van der Waals surface area contributed by atoms with Crippen molar-refractivity contribution in [2.45, 2.75) is 20.0 Å². The van der Waals surface area contributed by atoms with Crippen LogP contribution in [0.15, 0.2) is 18.2 Å². The molecule has 0 bridgehead atoms. The zero-order valence-corrected chi connectivity index (χ0v) is 12.0. The van der Waals surface area contributed by atoms with E-state index in [2.05, 4.69) is 4.72 Å². The highest BCUT2D eigenvalue weighted by Crippen LogP contribution is 2.18. The van der Waals surface area contributed by atoms with E-state index in [0.29, 0.717) is 0 Å². The van der Waals surface area contributed by atoms with Crippen molar-refractivity contribution in [1.29, 1.82) is 0 Å². The molecule has 18 heavy (non-hydrogen) atoms. The molecule has 5 nitrogen and oxygen atoms in total. The third-order valence-corrected chi connectivity index (χ3v) is 4.23. The minimum atomic E-state index is -3.50. The molecule has 102 valence electrons. The third kappa shape index (κ3) is 3.78. The topological polar surface area (TPSA) is 69.6 Å². The molecule has 0 amide bonds. The smallest absolute Gasteiger partial charge is 0.279 e. The van der Waals surface area contributed by atoms with Gasteiger partial charge in [-0.05, 0) is 25.0 Å². The number of nitrogens with one attached hydrogen (secondary N) is 1. The van der Waals surface area contributed by atoms with Gasteiger partial charge in [-0.1, -0.05) is 23.8 Å². The van der Waals surface area contributed by atoms with Crippen molar-refractivity contribution in [1.82, 2.24) is 9.03 Å². The van der Waals surface area contributed by atoms with E-state index >= 15 is 0 Å². The van der Waals surface area contributed by atoms with Crippen molar-refractivity contribution in [2.75, 3.05) is 20.6 Å². The van der Waals surface area contributed by atoms with Crippen LogP contribution in [0.5, 0.6) is 0 Å². The number of benzene rings is 1. The first-order chi connectivity index (χ1) is 8.24. The molecule has 1 aromatic carbocycles. The fourth-order valence-electron chi connectivity index (χ4n) is 1.54. The Morgan fingerprint density at radius 3 is 2.50 bits per heavy atom. The Morgan fingerprint density at radius 2 is 1.94 bits per heavy atom. The molecule has 0 aliphatic heterocycles. The van der Waals surface area contributed by atoms with Crippen LogP contribution in [-0.4, -0.2) is 38.5 Å². The molecular formula is C12H20N2O3S. The lowest BCUT2D eigenvalue weighted by Crippen LogP contribution is -2.37. The van der Waals surface area contributed by atoms with Crippen LogP contribution in [0.25, 0.3) is 0 Å². The molecule has 0 radical (unpaired) electrons. The Hall–Kier alpha value is -0.950. The van der Waals surface area contributed by atoms with Gasteiger partial charge < -0.3 is 5.11 Å². The summed E-state index contributed by atoms with van der Waals surface area (Å²) in [7, 11) is -0.627. The standard InChI is InChI=1S/C12H20N2O3S/c1-9-5-6-10(2)11(7-9)12(15)8-13-18(16,17)14(3)4/h5-7,12-13,15H,8H2,1-4H3. The van der Waals surface area contributed by atoms with Gasteiger partial charge in [-0.25, -0.2) is 0 Å². The normalized spacial score (nSPS) is 13.9. The molecule has 0 fully saturated rings. The molecule has 2 N–H and O–H groups in total. The lowest BCUT2D eigenvalue weighted by Gasteiger charge is -2.17. The van der Waals surface area contributed by atoms with E-state index in [1.807, 2.05) is 32.0 Å². The largest absolute Gasteiger partial charge is 0.387 e. The highest BCUT2D eigenvalue weighted by molar-refractivity contribution is 7.87. The van der Waals surface area contributed by atoms with Crippen molar-refractivity contribution in [3.8, 4) is 0 Å². The molecule has 1 aromatic rings. The molecule has 1 unspecified atom stereocenters. The van der Waals surface area contributed by atoms with Gasteiger partial charge in [-0.2, -0.15) is 17.4 Å². The first-order valence-electron chi connectivity index (χ1n) is 5.66. The average Bonchev–Trinajstić information content (AvgIpc) is 2.29. The zero-order valence-electron chi connectivity index (χ0n) is 11.1. The van der Waals surface area contributed by atoms with Gasteiger partial charge in [0.15, 0.2) is 0 Å². The Balaban J connectivity index is 2.78. The summed E-state index contributed by atoms with van der Waals surface area (Å²) in [5.74, 6) is 0. The predicted octanol–water partition coefficient (Wildman–Crippen LogP) is 0.733. The van der Waals surface area contributed by atoms with Crippen LogP contribution in [0.4, 0.5) is 0 Å². The van der Waals surface area contributed by atoms with E-state index in [9.17, 15) is 13.5 Å². The predicted molar refractivity (Wildman–Crippen MR) is 71.5 cm³/mol. The van der Waals surface area contributed by atoms with Crippen LogP contribution >= 0.6 is 0 Å². The Bertz CT molecular complexity index is 512. The van der Waals surface area contributed by atoms with Crippen molar-refractivity contribution in [2.24, 2.45) is 0 Å². The number of hydrogen-bond donors (Lipinski definition) is 2. The van der Waals surface area contributed by atoms with Crippen molar-refractivity contribution in [3.05, 3.63) is 34.9 Å². The summed E-state index contributed by atoms with van der Waals surface area (Å²) in [6, 6.07) is 5.73. The molecule has 0 aliphatic carbocycles. The minimum Gasteiger partial charge on any atom is -0.387 e. The van der Waals surface area contributed by atoms with Crippen LogP contribution in [0.1, 0.15) is 22.8 Å². The lowest BCUT2D eigenvalue weighted by atomic mass is 10.0. The molecule has 0 aromatic heterocycles. The molecule has 0 heterocycles. The number of aliphatic hydroxyl groups is 1. The minimum absolute atomic E-state index is 0.0369. The summed E-state index contributed by atoms with van der Waals surface area (Å²) < 4.78 is 26.5. The lowest BCUT2D eigenvalue weighted by molar-refractivity contribution is 0.180. The summed E-state index contributed by atoms with van der Waals surface area (Å²) in [5, 5.41) is 10.0. The van der Waals surface area contributed by atoms with E-state index in [0.717, 1.165) is 21.0 Å². The van der Waals surface area contributed by atoms with E-state index in [-0.39, 0.29) is 6.54 Å². The van der Waals surface area contributed by atoms with Crippen LogP contribution in [0.2, 0.25) is 0 Å². The summed E-state index contributed by atoms with van der Waals surface area (Å²) in [6.45, 7) is 3.78. The summed E-state index contributed by atoms with van der Waals surface area (Å²) in [5.41, 5.74) is 2.72. The van der Waals surface area contributed by atoms with Crippen LogP contribution in [-0.2, 0) is 10.2 Å². The van der Waals surface area contributed by atoms with Crippen LogP contribution in [0, 0.1) is 13.8 Å². The van der Waals surface area contributed by atoms with Crippen molar-refractivity contribution in [3.63, 3.8) is 0 Å². The maximum absolute atomic E-state index is 11.5. The maximum Gasteiger partial charge on any atom is 0.279 e. The SMILES string of the molecule is Cc1ccc(C)c(C(O)CNS(=O)(=O)N(C)C)c1. The first kappa shape index (κ1) is 15.1. The van der Waals surface area contributed by atoms with Gasteiger partial charge in [0, 0.05) is 20.6 Å². The number of aliphatic hydroxyl groups excluding tert-OH is 1. The quantitative estimate of drug-likeness (QED) is 0.830. The summed E-state index contributed by atoms with van der Waals surface area (Å²) >= 11 is 0. The van der Waals surface area contributed by atoms with Crippen molar-refractivity contribution < 1.29 is 13.5 Å². The molecular weight excluding hydrogens is 252 g/mol. The molecule has 1 atom stereocenters. The molecule has 0 aliphatic rings. The number of rotatable bonds is 5. The van der Waals surface area contributed by atoms with E-state index in [4.69, 9.17) is 0 Å². The van der Waals surface area contributed by atoms with Crippen LogP contribution in [0.3, 0.4) is 0 Å². The van der Waals surface area contributed by atoms with Gasteiger partial charge in [0.1, 0.15) is 0 Å². The average molecular weight is 272 g/mol. The Labute approximate surface area is 109 Å². The van der Waals surface area contributed by atoms with Gasteiger partial charge >= 0.3 is 0 Å². The third-order valence-electron chi connectivity index (χ3n) is 2.73. The van der Waals surface area contributed by atoms with Gasteiger partial charge in [0.25, 0.3) is 10.2 Å². The highest BCUT2D eigenvalue weighted by Gasteiger charge is 2.17. The van der Waals surface area contributed by atoms with Gasteiger partial charge in [0.05, 0.1) is 6.10 Å². The van der Waals surface area contributed by atoms with E-state index in [1.165, 1.54) is 14.1 Å². The summed E-state index contributed by atoms with van der Waals surface area (Å²) in [6.07, 6.45) is -0.848.